The number of ketones is 2. The van der Waals surface area contributed by atoms with Crippen LogP contribution in [-0.2, 0) is 0 Å². The Morgan fingerprint density at radius 2 is 0.452 bits per heavy atom. The van der Waals surface area contributed by atoms with E-state index in [0.29, 0.717) is 22.5 Å². The van der Waals surface area contributed by atoms with Crippen LogP contribution in [-0.4, -0.2) is 57.3 Å². The van der Waals surface area contributed by atoms with Gasteiger partial charge in [0.25, 0.3) is 0 Å². The number of hydrogen-bond donors (Lipinski definition) is 2. The largest absolute Gasteiger partial charge is 0.396 e. The minimum atomic E-state index is -0.408. The second-order valence-corrected chi connectivity index (χ2v) is 36.0. The Morgan fingerprint density at radius 3 is 0.750 bits per heavy atom. The molecule has 0 amide bonds. The van der Waals surface area contributed by atoms with Crippen molar-refractivity contribution in [3.8, 4) is 75.6 Å². The van der Waals surface area contributed by atoms with Gasteiger partial charge in [0.1, 0.15) is 33.1 Å². The van der Waals surface area contributed by atoms with Gasteiger partial charge in [-0.15, -0.1) is 45.3 Å². The number of carbonyl (C=O) groups is 2. The molecule has 0 saturated heterocycles. The van der Waals surface area contributed by atoms with Crippen molar-refractivity contribution in [1.29, 1.82) is 0 Å². The maximum Gasteiger partial charge on any atom is 0.234 e. The summed E-state index contributed by atoms with van der Waals surface area (Å²) in [6.45, 7) is 0. The minimum absolute atomic E-state index is 0.408. The molecule has 27 rings (SSSR count). The minimum Gasteiger partial charge on any atom is -0.396 e. The van der Waals surface area contributed by atoms with Crippen molar-refractivity contribution in [2.75, 3.05) is 11.5 Å². The molecule has 0 unspecified atom stereocenters. The van der Waals surface area contributed by atoms with Gasteiger partial charge in [-0.1, -0.05) is 243 Å². The zero-order chi connectivity index (χ0) is 82.1. The molecule has 0 saturated carbocycles. The summed E-state index contributed by atoms with van der Waals surface area (Å²) < 4.78 is 34.2. The van der Waals surface area contributed by atoms with E-state index in [9.17, 15) is 9.59 Å². The van der Waals surface area contributed by atoms with Crippen molar-refractivity contribution in [2.45, 2.75) is 0 Å². The number of benzene rings is 15. The van der Waals surface area contributed by atoms with Crippen LogP contribution in [0, 0.1) is 0 Å². The van der Waals surface area contributed by atoms with Gasteiger partial charge < -0.3 is 29.7 Å². The normalized spacial score (nSPS) is 12.3. The molecule has 1 aliphatic rings. The van der Waals surface area contributed by atoms with E-state index in [0.717, 1.165) is 163 Å². The van der Waals surface area contributed by atoms with Crippen molar-refractivity contribution in [1.82, 2.24) is 45.7 Å². The van der Waals surface area contributed by atoms with Crippen LogP contribution in [0.2, 0.25) is 0 Å². The summed E-state index contributed by atoms with van der Waals surface area (Å²) in [7, 11) is 0. The third-order valence-electron chi connectivity index (χ3n) is 24.0. The van der Waals surface area contributed by atoms with Gasteiger partial charge in [0.05, 0.1) is 109 Å². The molecule has 11 heterocycles. The standard InChI is InChI=1S/C52H28N6S3.C38H24N6S3.C14H8O2/c1-3-15-29(16-4-1)57-37-25-13-11-23-35(37)51-39(57)27-41(59-51)43-47-48(54-46-34-22-10-8-20-32(34)31-19-7-9-21-33(31)45(46)53-47)44(50-49(43)55-61-56-50)42-28-40-52(60-42)36-24-12-14-26-38(36)58(40)30-17-5-2-6-18-30;39-33-31(29-19-27-37(45-29)23-15-7-9-17-25(23)43(27)21-11-3-1-4-12-21)35-36(42-47-41-35)32(34(33)40)30-20-28-38(46-30)24-16-8-10-18-26(24)44(28)22-13-5-2-6-14-22;15-13-11-7-3-1-5-9(11)10-6-2-4-8-12(10)14(13)16/h1-28H;1-20H,39-40H2;1-8H. The lowest BCUT2D eigenvalue weighted by Gasteiger charge is -2.16. The monoisotopic (exact) mass is 1700 g/mol. The highest BCUT2D eigenvalue weighted by molar-refractivity contribution is 7.25. The van der Waals surface area contributed by atoms with Crippen LogP contribution in [0.25, 0.3) is 226 Å². The molecule has 124 heavy (non-hydrogen) atoms. The van der Waals surface area contributed by atoms with Crippen LogP contribution in [0.4, 0.5) is 11.4 Å². The number of fused-ring (bicyclic) bond motifs is 24. The molecule has 0 radical (unpaired) electrons. The summed E-state index contributed by atoms with van der Waals surface area (Å²) in [5.74, 6) is -0.816. The first kappa shape index (κ1) is 71.9. The molecule has 1 aliphatic carbocycles. The van der Waals surface area contributed by atoms with E-state index in [1.807, 2.05) is 36.4 Å². The van der Waals surface area contributed by atoms with Crippen molar-refractivity contribution in [3.63, 3.8) is 0 Å². The van der Waals surface area contributed by atoms with Gasteiger partial charge >= 0.3 is 0 Å². The maximum absolute atomic E-state index is 11.8. The second kappa shape index (κ2) is 28.3. The van der Waals surface area contributed by atoms with E-state index in [1.54, 1.807) is 69.6 Å². The number of para-hydroxylation sites is 8. The first-order valence-electron chi connectivity index (χ1n) is 40.4. The van der Waals surface area contributed by atoms with E-state index >= 15 is 0 Å². The number of nitrogens with zero attached hydrogens (tertiary/aromatic N) is 10. The number of aromatic nitrogens is 10. The predicted molar refractivity (Wildman–Crippen MR) is 520 cm³/mol. The summed E-state index contributed by atoms with van der Waals surface area (Å²) in [4.78, 5) is 39.4. The molecule has 14 nitrogen and oxygen atoms in total. The molecule has 0 bridgehead atoms. The highest BCUT2D eigenvalue weighted by Gasteiger charge is 2.33. The Balaban J connectivity index is 0.000000118. The number of anilines is 2. The molecule has 0 aliphatic heterocycles. The molecule has 0 fully saturated rings. The summed E-state index contributed by atoms with van der Waals surface area (Å²) in [6.07, 6.45) is 0. The van der Waals surface area contributed by atoms with Gasteiger partial charge in [-0.25, -0.2) is 9.97 Å². The first-order valence-corrected chi connectivity index (χ1v) is 45.1. The number of hydrogen-bond acceptors (Lipinski definition) is 16. The quantitative estimate of drug-likeness (QED) is 0.0642. The smallest absolute Gasteiger partial charge is 0.234 e. The molecule has 0 spiro atoms. The lowest BCUT2D eigenvalue weighted by Crippen LogP contribution is -2.20. The lowest BCUT2D eigenvalue weighted by molar-refractivity contribution is 0.0815. The molecular weight excluding hydrogens is 1640 g/mol. The zero-order valence-corrected chi connectivity index (χ0v) is 70.1. The Labute approximate surface area is 729 Å². The van der Waals surface area contributed by atoms with Gasteiger partial charge in [-0.2, -0.15) is 17.5 Å². The lowest BCUT2D eigenvalue weighted by atomic mass is 9.84. The van der Waals surface area contributed by atoms with Gasteiger partial charge in [0.15, 0.2) is 0 Å². The van der Waals surface area contributed by atoms with Crippen molar-refractivity contribution < 1.29 is 9.59 Å². The maximum atomic E-state index is 11.8. The average Bonchev–Trinajstić information content (AvgIpc) is 1.41. The van der Waals surface area contributed by atoms with Crippen LogP contribution in [0.3, 0.4) is 0 Å². The van der Waals surface area contributed by atoms with Gasteiger partial charge in [0.2, 0.25) is 11.6 Å². The van der Waals surface area contributed by atoms with Crippen LogP contribution >= 0.6 is 68.8 Å². The van der Waals surface area contributed by atoms with Crippen LogP contribution in [0.15, 0.2) is 340 Å². The average molecular weight is 1700 g/mol. The number of thiophene rings is 4. The SMILES string of the molecule is Nc1c(N)c(-c2cc3c(s2)c2ccccc2n3-c2ccccc2)c2nsnc2c1-c1cc2c(s1)c1ccccc1n2-c1ccccc1.O=C1C(=O)c2ccccc2-c2ccccc21.c1ccc(-n2c3ccccc3c3sc(-c4c5nsnc5c(-c5cc6c(s5)c5ccccc5n6-c5ccccc5)c5nc6c7ccccc7c7ccccc7c6nc45)cc32)cc1. The predicted octanol–water partition coefficient (Wildman–Crippen LogP) is 28.0. The number of nitrogens with two attached hydrogens (primary N) is 2. The molecule has 20 heteroatoms. The van der Waals surface area contributed by atoms with Crippen molar-refractivity contribution in [3.05, 3.63) is 351 Å². The summed E-state index contributed by atoms with van der Waals surface area (Å²) in [5, 5.41) is 9.34. The number of carbonyl (C=O) groups excluding carboxylic acids is 2. The summed E-state index contributed by atoms with van der Waals surface area (Å²) >= 11 is 9.49. The number of rotatable bonds is 8. The van der Waals surface area contributed by atoms with E-state index in [-0.39, 0.29) is 0 Å². The topological polar surface area (TPSA) is 183 Å². The highest BCUT2D eigenvalue weighted by atomic mass is 32.1. The molecular formula is C104H60N12O2S6. The second-order valence-electron chi connectivity index (χ2n) is 30.8. The molecule has 0 atom stereocenters. The van der Waals surface area contributed by atoms with Gasteiger partial charge in [-0.05, 0) is 119 Å². The molecule has 4 N–H and O–H groups in total. The fourth-order valence-corrected chi connectivity index (χ4v) is 24.7. The van der Waals surface area contributed by atoms with Gasteiger partial charge in [0, 0.05) is 108 Å². The first-order chi connectivity index (χ1) is 61.2. The Hall–Kier alpha value is -15.0. The van der Waals surface area contributed by atoms with Crippen molar-refractivity contribution in [2.24, 2.45) is 0 Å². The van der Waals surface area contributed by atoms with Crippen LogP contribution < -0.4 is 11.5 Å². The van der Waals surface area contributed by atoms with Crippen LogP contribution in [0.5, 0.6) is 0 Å². The highest BCUT2D eigenvalue weighted by Crippen LogP contribution is 2.55. The zero-order valence-electron chi connectivity index (χ0n) is 65.2. The van der Waals surface area contributed by atoms with Crippen LogP contribution in [0.1, 0.15) is 20.7 Å². The molecule has 26 aromatic rings. The summed E-state index contributed by atoms with van der Waals surface area (Å²) in [5.41, 5.74) is 41.9. The third kappa shape index (κ3) is 10.8. The molecule has 584 valence electrons. The Kier molecular flexibility index (Phi) is 16.4. The fraction of sp³-hybridized carbons (Fsp3) is 0. The molecule has 11 aromatic heterocycles. The summed E-state index contributed by atoms with van der Waals surface area (Å²) in [6, 6.07) is 117. The Morgan fingerprint density at radius 1 is 0.218 bits per heavy atom. The Bertz CT molecular complexity index is 8460. The van der Waals surface area contributed by atoms with Gasteiger partial charge in [-0.3, -0.25) is 9.59 Å². The van der Waals surface area contributed by atoms with E-state index in [1.165, 1.54) is 85.9 Å². The third-order valence-corrected chi connectivity index (χ3v) is 29.8. The van der Waals surface area contributed by atoms with E-state index < -0.39 is 11.6 Å². The molecule has 15 aromatic carbocycles. The fourth-order valence-electron chi connectivity index (χ4n) is 18.7. The van der Waals surface area contributed by atoms with E-state index in [2.05, 4.69) is 297 Å². The number of nitrogen functional groups attached to an aromatic ring is 2. The number of Topliss-reactive ketones (excluding diaryl/α,β-unsaturated/α-hetero) is 2. The van der Waals surface area contributed by atoms with Crippen molar-refractivity contribution >= 4 is 242 Å². The van der Waals surface area contributed by atoms with E-state index in [4.69, 9.17) is 38.9 Å².